The van der Waals surface area contributed by atoms with Crippen LogP contribution in [-0.4, -0.2) is 17.2 Å². The second-order valence-electron chi connectivity index (χ2n) is 2.34. The molecule has 0 fully saturated rings. The van der Waals surface area contributed by atoms with Crippen LogP contribution in [0, 0.1) is 0 Å². The Morgan fingerprint density at radius 1 is 0.933 bits per heavy atom. The van der Waals surface area contributed by atoms with Gasteiger partial charge in [-0.05, 0) is 12.3 Å². The fourth-order valence-corrected chi connectivity index (χ4v) is 1.06. The Balaban J connectivity index is 0. The first-order valence-electron chi connectivity index (χ1n) is 4.51. The molecule has 0 saturated heterocycles. The first-order chi connectivity index (χ1) is 7.22. The van der Waals surface area contributed by atoms with Crippen LogP contribution in [0.2, 0.25) is 0 Å². The van der Waals surface area contributed by atoms with Crippen molar-refractivity contribution in [2.24, 2.45) is 0 Å². The van der Waals surface area contributed by atoms with Gasteiger partial charge in [-0.2, -0.15) is 0 Å². The molecule has 0 saturated carbocycles. The molecular formula is C10H17Cl2OPRu. The van der Waals surface area contributed by atoms with Crippen molar-refractivity contribution in [3.63, 3.8) is 0 Å². The quantitative estimate of drug-likeness (QED) is 0.612. The van der Waals surface area contributed by atoms with Crippen LogP contribution in [0.15, 0.2) is 36.4 Å². The van der Waals surface area contributed by atoms with Crippen LogP contribution in [0.3, 0.4) is 0 Å². The molecule has 90 valence electrons. The van der Waals surface area contributed by atoms with E-state index in [-0.39, 0.29) is 15.1 Å². The average Bonchev–Trinajstić information content (AvgIpc) is 2.32. The SMILES string of the molecule is CCP(O)CC.[Cl][Ru][Cl].c1ccccc1. The van der Waals surface area contributed by atoms with E-state index in [1.165, 1.54) is 0 Å². The minimum atomic E-state index is -0.576. The minimum absolute atomic E-state index is 0.346. The molecule has 0 spiro atoms. The molecule has 1 nitrogen and oxygen atoms in total. The second-order valence-corrected chi connectivity index (χ2v) is 7.26. The molecule has 0 aliphatic heterocycles. The van der Waals surface area contributed by atoms with Crippen molar-refractivity contribution in [2.45, 2.75) is 13.8 Å². The maximum absolute atomic E-state index is 8.73. The van der Waals surface area contributed by atoms with Crippen molar-refractivity contribution in [3.05, 3.63) is 36.4 Å². The number of halogens is 2. The Hall–Kier alpha value is 0.813. The van der Waals surface area contributed by atoms with E-state index in [0.717, 1.165) is 12.3 Å². The summed E-state index contributed by atoms with van der Waals surface area (Å²) in [5.74, 6) is 0. The van der Waals surface area contributed by atoms with Gasteiger partial charge in [-0.1, -0.05) is 50.2 Å². The largest absolute Gasteiger partial charge is 0.0623 e. The smallest absolute Gasteiger partial charge is 0.0623 e. The Kier molecular flexibility index (Phi) is 20.9. The predicted molar refractivity (Wildman–Crippen MR) is 68.4 cm³/mol. The monoisotopic (exact) mass is 356 g/mol. The van der Waals surface area contributed by atoms with Crippen LogP contribution in [0.4, 0.5) is 0 Å². The maximum Gasteiger partial charge on any atom is -0.0623 e. The number of hydrogen-bond acceptors (Lipinski definition) is 1. The molecule has 0 unspecified atom stereocenters. The Morgan fingerprint density at radius 2 is 1.13 bits per heavy atom. The Labute approximate surface area is 110 Å². The Morgan fingerprint density at radius 3 is 1.20 bits per heavy atom. The molecule has 1 rings (SSSR count). The van der Waals surface area contributed by atoms with Gasteiger partial charge in [0.2, 0.25) is 0 Å². The van der Waals surface area contributed by atoms with Gasteiger partial charge >= 0.3 is 34.5 Å². The summed E-state index contributed by atoms with van der Waals surface area (Å²) in [5, 5.41) is 0. The zero-order valence-electron chi connectivity index (χ0n) is 8.88. The van der Waals surface area contributed by atoms with Crippen molar-refractivity contribution >= 4 is 27.5 Å². The van der Waals surface area contributed by atoms with E-state index in [9.17, 15) is 0 Å². The first-order valence-corrected chi connectivity index (χ1v) is 10.7. The number of rotatable bonds is 2. The van der Waals surface area contributed by atoms with E-state index in [0.29, 0.717) is 0 Å². The molecule has 0 aliphatic rings. The average molecular weight is 356 g/mol. The molecule has 1 aromatic carbocycles. The molecule has 1 N–H and O–H groups in total. The van der Waals surface area contributed by atoms with E-state index in [2.05, 4.69) is 0 Å². The summed E-state index contributed by atoms with van der Waals surface area (Å²) in [7, 11) is 9.13. The molecule has 0 aromatic heterocycles. The van der Waals surface area contributed by atoms with Crippen molar-refractivity contribution in [2.75, 3.05) is 12.3 Å². The third-order valence-electron chi connectivity index (χ3n) is 1.40. The molecule has 15 heavy (non-hydrogen) atoms. The third-order valence-corrected chi connectivity index (χ3v) is 2.86. The molecule has 0 radical (unpaired) electrons. The van der Waals surface area contributed by atoms with Crippen molar-refractivity contribution in [3.8, 4) is 0 Å². The fraction of sp³-hybridized carbons (Fsp3) is 0.400. The molecule has 5 heteroatoms. The molecule has 0 bridgehead atoms. The van der Waals surface area contributed by atoms with Crippen molar-refractivity contribution in [1.82, 2.24) is 0 Å². The van der Waals surface area contributed by atoms with Gasteiger partial charge in [0.25, 0.3) is 0 Å². The predicted octanol–water partition coefficient (Wildman–Crippen LogP) is 4.48. The number of hydrogen-bond donors (Lipinski definition) is 1. The molecular weight excluding hydrogens is 339 g/mol. The molecule has 0 heterocycles. The minimum Gasteiger partial charge on any atom is -0.0623 e. The van der Waals surface area contributed by atoms with Gasteiger partial charge in [-0.3, -0.25) is 0 Å². The van der Waals surface area contributed by atoms with E-state index < -0.39 is 8.15 Å². The van der Waals surface area contributed by atoms with Gasteiger partial charge < -0.3 is 4.89 Å². The summed E-state index contributed by atoms with van der Waals surface area (Å²) in [6.07, 6.45) is 1.90. The van der Waals surface area contributed by atoms with Gasteiger partial charge in [-0.15, -0.1) is 0 Å². The van der Waals surface area contributed by atoms with Gasteiger partial charge in [0.15, 0.2) is 0 Å². The Bertz CT molecular complexity index is 159. The molecule has 1 aromatic rings. The summed E-state index contributed by atoms with van der Waals surface area (Å²) < 4.78 is 0. The number of benzene rings is 1. The van der Waals surface area contributed by atoms with Crippen LogP contribution in [0.1, 0.15) is 13.8 Å². The van der Waals surface area contributed by atoms with E-state index in [4.69, 9.17) is 24.3 Å². The summed E-state index contributed by atoms with van der Waals surface area (Å²) in [6.45, 7) is 4.02. The van der Waals surface area contributed by atoms with Crippen molar-refractivity contribution in [1.29, 1.82) is 0 Å². The van der Waals surface area contributed by atoms with E-state index >= 15 is 0 Å². The van der Waals surface area contributed by atoms with Crippen LogP contribution < -0.4 is 0 Å². The molecule has 0 amide bonds. The van der Waals surface area contributed by atoms with E-state index in [1.807, 2.05) is 50.2 Å². The first kappa shape index (κ1) is 18.2. The van der Waals surface area contributed by atoms with Crippen molar-refractivity contribution < 1.29 is 20.0 Å². The summed E-state index contributed by atoms with van der Waals surface area (Å²) in [6, 6.07) is 12.0. The molecule has 0 atom stereocenters. The normalized spacial score (nSPS) is 8.67. The maximum atomic E-state index is 8.73. The molecule has 0 aliphatic carbocycles. The standard InChI is InChI=1S/C6H6.C4H11OP.2ClH.Ru/c1-2-4-6-5-3-1;1-3-6(5)4-2;;;/h1-6H;5H,3-4H2,1-2H3;2*1H;/q;;;;+2/p-2. The summed E-state index contributed by atoms with van der Waals surface area (Å²) in [5.41, 5.74) is 0. The second kappa shape index (κ2) is 17.2. The third kappa shape index (κ3) is 20.8. The van der Waals surface area contributed by atoms with E-state index in [1.54, 1.807) is 0 Å². The topological polar surface area (TPSA) is 20.2 Å². The fourth-order valence-electron chi connectivity index (χ4n) is 0.609. The van der Waals surface area contributed by atoms with Crippen LogP contribution >= 0.6 is 27.5 Å². The van der Waals surface area contributed by atoms with Crippen LogP contribution in [0.25, 0.3) is 0 Å². The zero-order chi connectivity index (χ0) is 11.9. The zero-order valence-corrected chi connectivity index (χ0v) is 13.0. The summed E-state index contributed by atoms with van der Waals surface area (Å²) >= 11 is -0.346. The van der Waals surface area contributed by atoms with Crippen LogP contribution in [0.5, 0.6) is 0 Å². The van der Waals surface area contributed by atoms with Gasteiger partial charge in [0, 0.05) is 8.15 Å². The van der Waals surface area contributed by atoms with Gasteiger partial charge in [-0.25, -0.2) is 0 Å². The summed E-state index contributed by atoms with van der Waals surface area (Å²) in [4.78, 5) is 8.73. The van der Waals surface area contributed by atoms with Crippen LogP contribution in [-0.2, 0) is 15.1 Å². The van der Waals surface area contributed by atoms with Gasteiger partial charge in [0.1, 0.15) is 0 Å². The van der Waals surface area contributed by atoms with Gasteiger partial charge in [0.05, 0.1) is 0 Å².